The Morgan fingerprint density at radius 2 is 1.96 bits per heavy atom. The van der Waals surface area contributed by atoms with E-state index < -0.39 is 17.1 Å². The molecule has 2 heterocycles. The number of carbonyl (C=O) groups is 3. The predicted molar refractivity (Wildman–Crippen MR) is 110 cm³/mol. The fourth-order valence-corrected chi connectivity index (χ4v) is 4.28. The van der Waals surface area contributed by atoms with E-state index in [-0.39, 0.29) is 6.54 Å². The van der Waals surface area contributed by atoms with Gasteiger partial charge >= 0.3 is 0 Å². The van der Waals surface area contributed by atoms with Gasteiger partial charge < -0.3 is 5.32 Å². The van der Waals surface area contributed by atoms with Crippen LogP contribution >= 0.6 is 45.7 Å². The van der Waals surface area contributed by atoms with E-state index in [1.807, 2.05) is 30.5 Å². The van der Waals surface area contributed by atoms with Gasteiger partial charge in [-0.3, -0.25) is 19.3 Å². The van der Waals surface area contributed by atoms with Crippen LogP contribution in [0.4, 0.5) is 10.5 Å². The molecule has 3 amide bonds. The molecule has 0 atom stereocenters. The van der Waals surface area contributed by atoms with Crippen LogP contribution in [0.15, 0.2) is 40.6 Å². The van der Waals surface area contributed by atoms with E-state index in [0.717, 1.165) is 30.7 Å². The lowest BCUT2D eigenvalue weighted by Gasteiger charge is -2.12. The molecule has 0 radical (unpaired) electrons. The second-order valence-corrected chi connectivity index (χ2v) is 8.48. The van der Waals surface area contributed by atoms with Crippen LogP contribution in [0, 0.1) is 10.5 Å². The number of carbonyl (C=O) groups excluding carboxylic acids is 3. The number of anilines is 1. The summed E-state index contributed by atoms with van der Waals surface area (Å²) in [6.07, 6.45) is 1.71. The maximum Gasteiger partial charge on any atom is 0.294 e. The summed E-state index contributed by atoms with van der Waals surface area (Å²) in [6.45, 7) is 1.65. The normalized spacial score (nSPS) is 15.9. The second-order valence-electron chi connectivity index (χ2n) is 5.29. The number of rotatable bonds is 4. The molecule has 0 saturated carbocycles. The monoisotopic (exact) mass is 484 g/mol. The van der Waals surface area contributed by atoms with Gasteiger partial charge in [0, 0.05) is 14.1 Å². The van der Waals surface area contributed by atoms with Crippen LogP contribution in [-0.2, 0) is 9.59 Å². The topological polar surface area (TPSA) is 66.5 Å². The molecule has 8 heteroatoms. The number of nitrogens with zero attached hydrogens (tertiary/aromatic N) is 1. The summed E-state index contributed by atoms with van der Waals surface area (Å²) in [4.78, 5) is 38.9. The van der Waals surface area contributed by atoms with Crippen LogP contribution in [-0.4, -0.2) is 28.5 Å². The summed E-state index contributed by atoms with van der Waals surface area (Å²) < 4.78 is 1.05. The number of amides is 3. The number of halogens is 1. The summed E-state index contributed by atoms with van der Waals surface area (Å²) in [5, 5.41) is 4.19. The van der Waals surface area contributed by atoms with Crippen molar-refractivity contribution >= 4 is 74.5 Å². The van der Waals surface area contributed by atoms with Crippen molar-refractivity contribution < 1.29 is 14.4 Å². The summed E-state index contributed by atoms with van der Waals surface area (Å²) >= 11 is 4.54. The van der Waals surface area contributed by atoms with Crippen LogP contribution in [0.1, 0.15) is 10.4 Å². The lowest BCUT2D eigenvalue weighted by molar-refractivity contribution is -0.127. The molecule has 1 aromatic heterocycles. The average molecular weight is 484 g/mol. The third-order valence-electron chi connectivity index (χ3n) is 3.47. The highest BCUT2D eigenvalue weighted by atomic mass is 127. The molecular formula is C17H13IN2O3S2. The smallest absolute Gasteiger partial charge is 0.294 e. The second kappa shape index (κ2) is 7.71. The van der Waals surface area contributed by atoms with E-state index in [1.54, 1.807) is 18.2 Å². The summed E-state index contributed by atoms with van der Waals surface area (Å²) in [7, 11) is 0. The molecule has 3 rings (SSSR count). The standard InChI is InChI=1S/C17H13IN2O3S2/c1-10-6-7-24-13(10)8-14-16(22)20(17(23)25-14)9-15(21)19-12-4-2-11(18)3-5-12/h2-8H,9H2,1H3,(H,19,21)/b14-8+. The highest BCUT2D eigenvalue weighted by molar-refractivity contribution is 14.1. The van der Waals surface area contributed by atoms with Crippen molar-refractivity contribution in [3.05, 3.63) is 54.6 Å². The molecule has 1 aromatic carbocycles. The Morgan fingerprint density at radius 3 is 2.60 bits per heavy atom. The summed E-state index contributed by atoms with van der Waals surface area (Å²) in [5.41, 5.74) is 1.68. The van der Waals surface area contributed by atoms with Crippen molar-refractivity contribution in [2.45, 2.75) is 6.92 Å². The van der Waals surface area contributed by atoms with Crippen molar-refractivity contribution in [2.24, 2.45) is 0 Å². The van der Waals surface area contributed by atoms with Crippen LogP contribution in [0.25, 0.3) is 6.08 Å². The van der Waals surface area contributed by atoms with E-state index in [1.165, 1.54) is 11.3 Å². The Labute approximate surface area is 166 Å². The molecule has 1 saturated heterocycles. The Hall–Kier alpha value is -1.65. The quantitative estimate of drug-likeness (QED) is 0.518. The van der Waals surface area contributed by atoms with Gasteiger partial charge in [0.25, 0.3) is 11.1 Å². The lowest BCUT2D eigenvalue weighted by atomic mass is 10.2. The van der Waals surface area contributed by atoms with E-state index in [0.29, 0.717) is 10.6 Å². The number of hydrogen-bond donors (Lipinski definition) is 1. The van der Waals surface area contributed by atoms with Crippen LogP contribution in [0.2, 0.25) is 0 Å². The van der Waals surface area contributed by atoms with E-state index in [9.17, 15) is 14.4 Å². The molecular weight excluding hydrogens is 471 g/mol. The zero-order chi connectivity index (χ0) is 18.0. The van der Waals surface area contributed by atoms with Crippen molar-refractivity contribution in [3.8, 4) is 0 Å². The number of imide groups is 1. The lowest BCUT2D eigenvalue weighted by Crippen LogP contribution is -2.36. The number of thiophene rings is 1. The molecule has 5 nitrogen and oxygen atoms in total. The van der Waals surface area contributed by atoms with E-state index >= 15 is 0 Å². The van der Waals surface area contributed by atoms with Crippen LogP contribution < -0.4 is 5.32 Å². The Morgan fingerprint density at radius 1 is 1.24 bits per heavy atom. The van der Waals surface area contributed by atoms with E-state index in [2.05, 4.69) is 27.9 Å². The number of benzene rings is 1. The van der Waals surface area contributed by atoms with Crippen molar-refractivity contribution in [1.82, 2.24) is 4.90 Å². The molecule has 0 aliphatic carbocycles. The molecule has 1 N–H and O–H groups in total. The van der Waals surface area contributed by atoms with Gasteiger partial charge in [0.05, 0.1) is 4.91 Å². The van der Waals surface area contributed by atoms with Gasteiger partial charge in [-0.15, -0.1) is 11.3 Å². The average Bonchev–Trinajstić information content (AvgIpc) is 3.08. The molecule has 0 spiro atoms. The number of hydrogen-bond acceptors (Lipinski definition) is 5. The zero-order valence-electron chi connectivity index (χ0n) is 13.1. The van der Waals surface area contributed by atoms with Crippen molar-refractivity contribution in [1.29, 1.82) is 0 Å². The molecule has 1 aliphatic heterocycles. The zero-order valence-corrected chi connectivity index (χ0v) is 16.9. The summed E-state index contributed by atoms with van der Waals surface area (Å²) in [5.74, 6) is -0.836. The highest BCUT2D eigenvalue weighted by Gasteiger charge is 2.36. The molecule has 1 aliphatic rings. The third kappa shape index (κ3) is 4.31. The fraction of sp³-hybridized carbons (Fsp3) is 0.118. The first-order valence-corrected chi connectivity index (χ1v) is 10.1. The molecule has 128 valence electrons. The van der Waals surface area contributed by atoms with Crippen LogP contribution in [0.5, 0.6) is 0 Å². The largest absolute Gasteiger partial charge is 0.325 e. The maximum absolute atomic E-state index is 12.4. The number of aryl methyl sites for hydroxylation is 1. The summed E-state index contributed by atoms with van der Waals surface area (Å²) in [6, 6.07) is 9.22. The molecule has 2 aromatic rings. The Kier molecular flexibility index (Phi) is 5.60. The van der Waals surface area contributed by atoms with E-state index in [4.69, 9.17) is 0 Å². The van der Waals surface area contributed by atoms with Crippen LogP contribution in [0.3, 0.4) is 0 Å². The van der Waals surface area contributed by atoms with Gasteiger partial charge in [0.1, 0.15) is 6.54 Å². The van der Waals surface area contributed by atoms with Gasteiger partial charge in [0.15, 0.2) is 0 Å². The first kappa shape index (κ1) is 18.2. The highest BCUT2D eigenvalue weighted by Crippen LogP contribution is 2.33. The van der Waals surface area contributed by atoms with Gasteiger partial charge in [-0.25, -0.2) is 0 Å². The minimum Gasteiger partial charge on any atom is -0.325 e. The van der Waals surface area contributed by atoms with Gasteiger partial charge in [-0.2, -0.15) is 0 Å². The van der Waals surface area contributed by atoms with Gasteiger partial charge in [0.2, 0.25) is 5.91 Å². The first-order chi connectivity index (χ1) is 11.9. The van der Waals surface area contributed by atoms with Crippen molar-refractivity contribution in [3.63, 3.8) is 0 Å². The Bertz CT molecular complexity index is 874. The third-order valence-corrected chi connectivity index (χ3v) is 6.06. The van der Waals surface area contributed by atoms with Crippen molar-refractivity contribution in [2.75, 3.05) is 11.9 Å². The molecule has 0 bridgehead atoms. The molecule has 1 fully saturated rings. The minimum absolute atomic E-state index is 0.294. The molecule has 25 heavy (non-hydrogen) atoms. The fourth-order valence-electron chi connectivity index (χ4n) is 2.17. The SMILES string of the molecule is Cc1ccsc1/C=C1/SC(=O)N(CC(=O)Nc2ccc(I)cc2)C1=O. The number of thioether (sulfide) groups is 1. The predicted octanol–water partition coefficient (Wildman–Crippen LogP) is 4.34. The van der Waals surface area contributed by atoms with Gasteiger partial charge in [-0.05, 0) is 88.6 Å². The maximum atomic E-state index is 12.4. The van der Waals surface area contributed by atoms with Gasteiger partial charge in [-0.1, -0.05) is 0 Å². The minimum atomic E-state index is -0.430. The first-order valence-electron chi connectivity index (χ1n) is 7.29. The molecule has 0 unspecified atom stereocenters. The Balaban J connectivity index is 1.68. The number of nitrogens with one attached hydrogen (secondary N) is 1.